The Bertz CT molecular complexity index is 1360. The number of thioether (sulfide) groups is 1. The molecule has 5 rings (SSSR count). The van der Waals surface area contributed by atoms with E-state index in [-0.39, 0.29) is 40.1 Å². The lowest BCUT2D eigenvalue weighted by molar-refractivity contribution is -0.137. The second kappa shape index (κ2) is 9.37. The predicted octanol–water partition coefficient (Wildman–Crippen LogP) is 1.56. The average Bonchev–Trinajstić information content (AvgIpc) is 3.24. The van der Waals surface area contributed by atoms with Crippen LogP contribution in [0, 0.1) is 5.92 Å². The summed E-state index contributed by atoms with van der Waals surface area (Å²) in [6.45, 7) is 1.70. The lowest BCUT2D eigenvalue weighted by Crippen LogP contribution is -2.50. The smallest absolute Gasteiger partial charge is 0.341 e. The maximum absolute atomic E-state index is 13.9. The average molecular weight is 498 g/mol. The molecule has 184 valence electrons. The van der Waals surface area contributed by atoms with E-state index in [0.29, 0.717) is 26.1 Å². The summed E-state index contributed by atoms with van der Waals surface area (Å²) in [5.74, 6) is 0.343. The molecular formula is C24H27N5O5S. The first-order chi connectivity index (χ1) is 16.9. The van der Waals surface area contributed by atoms with Gasteiger partial charge in [0.1, 0.15) is 17.3 Å². The molecule has 0 radical (unpaired) electrons. The van der Waals surface area contributed by atoms with Gasteiger partial charge in [-0.05, 0) is 36.8 Å². The van der Waals surface area contributed by atoms with Crippen molar-refractivity contribution >= 4 is 23.6 Å². The number of methoxy groups -OCH3 is 1. The van der Waals surface area contributed by atoms with Gasteiger partial charge in [-0.25, -0.2) is 9.89 Å². The number of esters is 1. The van der Waals surface area contributed by atoms with E-state index in [2.05, 4.69) is 10.2 Å². The summed E-state index contributed by atoms with van der Waals surface area (Å²) in [7, 11) is 1.27. The Morgan fingerprint density at radius 2 is 2.06 bits per heavy atom. The van der Waals surface area contributed by atoms with Gasteiger partial charge in [0.05, 0.1) is 12.7 Å². The van der Waals surface area contributed by atoms with Crippen LogP contribution in [0.25, 0.3) is 11.3 Å². The summed E-state index contributed by atoms with van der Waals surface area (Å²) in [5, 5.41) is 6.36. The zero-order chi connectivity index (χ0) is 24.7. The van der Waals surface area contributed by atoms with Gasteiger partial charge in [-0.1, -0.05) is 6.07 Å². The number of nitrogens with one attached hydrogen (secondary N) is 1. The van der Waals surface area contributed by atoms with E-state index in [0.717, 1.165) is 17.9 Å². The minimum absolute atomic E-state index is 0.00236. The van der Waals surface area contributed by atoms with Crippen LogP contribution < -0.4 is 11.1 Å². The monoisotopic (exact) mass is 497 g/mol. The highest BCUT2D eigenvalue weighted by molar-refractivity contribution is 7.98. The molecule has 2 unspecified atom stereocenters. The van der Waals surface area contributed by atoms with Gasteiger partial charge < -0.3 is 18.8 Å². The topological polar surface area (TPSA) is 119 Å². The molecule has 4 aliphatic rings. The first-order valence-electron chi connectivity index (χ1n) is 11.6. The van der Waals surface area contributed by atoms with Crippen molar-refractivity contribution in [2.24, 2.45) is 5.92 Å². The Labute approximate surface area is 205 Å². The number of amides is 1. The minimum atomic E-state index is -0.624. The Balaban J connectivity index is 1.51. The van der Waals surface area contributed by atoms with Gasteiger partial charge in [0.25, 0.3) is 11.1 Å². The number of hydrogen-bond acceptors (Lipinski definition) is 7. The normalized spacial score (nSPS) is 19.9. The molecule has 11 heteroatoms. The summed E-state index contributed by atoms with van der Waals surface area (Å²) in [5.41, 5.74) is 1.15. The maximum Gasteiger partial charge on any atom is 0.341 e. The number of H-pyrrole nitrogens is 1. The summed E-state index contributed by atoms with van der Waals surface area (Å²) in [4.78, 5) is 53.0. The molecule has 0 saturated carbocycles. The van der Waals surface area contributed by atoms with Crippen LogP contribution in [0.4, 0.5) is 0 Å². The van der Waals surface area contributed by atoms with Crippen molar-refractivity contribution in [2.45, 2.75) is 31.3 Å². The molecule has 5 heterocycles. The van der Waals surface area contributed by atoms with Crippen molar-refractivity contribution in [3.63, 3.8) is 0 Å². The molecule has 3 atom stereocenters. The van der Waals surface area contributed by atoms with E-state index >= 15 is 0 Å². The number of rotatable bonds is 6. The third kappa shape index (κ3) is 4.18. The van der Waals surface area contributed by atoms with E-state index in [1.54, 1.807) is 40.9 Å². The highest BCUT2D eigenvalue weighted by Gasteiger charge is 2.38. The SMILES string of the molecule is COC(=O)c1cn([C@@H](CCSC)C(=O)N2CC3CC(C2)c2cccc(=O)n2C3)cc2c(=O)[nH]nc1-2. The Morgan fingerprint density at radius 3 is 2.83 bits per heavy atom. The first kappa shape index (κ1) is 23.4. The fraction of sp³-hybridized carbons (Fsp3) is 0.458. The maximum atomic E-state index is 13.9. The van der Waals surface area contributed by atoms with Crippen LogP contribution >= 0.6 is 11.8 Å². The molecule has 4 aliphatic heterocycles. The van der Waals surface area contributed by atoms with Crippen molar-refractivity contribution in [1.29, 1.82) is 0 Å². The zero-order valence-corrected chi connectivity index (χ0v) is 20.4. The number of aromatic amines is 1. The largest absolute Gasteiger partial charge is 0.465 e. The van der Waals surface area contributed by atoms with Crippen LogP contribution in [0.2, 0.25) is 0 Å². The second-order valence-corrected chi connectivity index (χ2v) is 10.1. The standard InChI is InChI=1S/C24H27N5O5S/c1-34-24(33)17-13-27(12-16-21(17)25-26-22(16)31)19(6-7-35-2)23(32)28-9-14-8-15(11-28)18-4-3-5-20(30)29(18)10-14/h3-5,12-15,19H,6-11H2,1-2H3,(H,26,31)/t14?,15?,19-/m0/s1. The zero-order valence-electron chi connectivity index (χ0n) is 19.6. The molecule has 1 N–H and O–H groups in total. The number of likely N-dealkylation sites (tertiary alicyclic amines) is 1. The summed E-state index contributed by atoms with van der Waals surface area (Å²) in [6.07, 6.45) is 6.60. The Hall–Kier alpha value is -3.34. The quantitative estimate of drug-likeness (QED) is 0.514. The molecule has 1 saturated heterocycles. The fourth-order valence-electron chi connectivity index (χ4n) is 5.41. The van der Waals surface area contributed by atoms with Crippen molar-refractivity contribution in [2.75, 3.05) is 32.2 Å². The fourth-order valence-corrected chi connectivity index (χ4v) is 5.87. The van der Waals surface area contributed by atoms with Crippen molar-refractivity contribution in [1.82, 2.24) is 24.2 Å². The van der Waals surface area contributed by atoms with Gasteiger partial charge in [0, 0.05) is 49.7 Å². The molecule has 1 amide bonds. The Morgan fingerprint density at radius 1 is 1.23 bits per heavy atom. The number of carbonyl (C=O) groups is 2. The number of piperidine rings is 1. The van der Waals surface area contributed by atoms with Crippen LogP contribution in [-0.4, -0.2) is 68.3 Å². The van der Waals surface area contributed by atoms with Gasteiger partial charge in [-0.3, -0.25) is 14.4 Å². The van der Waals surface area contributed by atoms with Gasteiger partial charge in [0.2, 0.25) is 5.91 Å². The van der Waals surface area contributed by atoms with E-state index in [1.165, 1.54) is 7.11 Å². The lowest BCUT2D eigenvalue weighted by Gasteiger charge is -2.43. The van der Waals surface area contributed by atoms with Crippen LogP contribution in [0.1, 0.15) is 40.9 Å². The first-order valence-corrected chi connectivity index (χ1v) is 13.0. The second-order valence-electron chi connectivity index (χ2n) is 9.16. The number of fused-ring (bicyclic) bond motifs is 5. The molecule has 0 aromatic carbocycles. The predicted molar refractivity (Wildman–Crippen MR) is 131 cm³/mol. The van der Waals surface area contributed by atoms with E-state index in [9.17, 15) is 19.2 Å². The highest BCUT2D eigenvalue weighted by atomic mass is 32.2. The molecule has 10 nitrogen and oxygen atoms in total. The van der Waals surface area contributed by atoms with Crippen molar-refractivity contribution in [3.05, 3.63) is 62.6 Å². The van der Waals surface area contributed by atoms with E-state index in [4.69, 9.17) is 4.74 Å². The summed E-state index contributed by atoms with van der Waals surface area (Å²) >= 11 is 1.63. The third-order valence-electron chi connectivity index (χ3n) is 7.02. The molecule has 0 spiro atoms. The molecular weight excluding hydrogens is 470 g/mol. The van der Waals surface area contributed by atoms with E-state index < -0.39 is 17.6 Å². The van der Waals surface area contributed by atoms with Gasteiger partial charge in [-0.15, -0.1) is 0 Å². The third-order valence-corrected chi connectivity index (χ3v) is 7.66. The number of pyridine rings is 2. The summed E-state index contributed by atoms with van der Waals surface area (Å²) < 4.78 is 8.40. The number of aromatic nitrogens is 4. The van der Waals surface area contributed by atoms with Gasteiger partial charge >= 0.3 is 5.97 Å². The highest BCUT2D eigenvalue weighted by Crippen LogP contribution is 2.36. The molecule has 1 fully saturated rings. The van der Waals surface area contributed by atoms with Crippen LogP contribution in [0.3, 0.4) is 0 Å². The van der Waals surface area contributed by atoms with Crippen molar-refractivity contribution < 1.29 is 14.3 Å². The van der Waals surface area contributed by atoms with Crippen LogP contribution in [-0.2, 0) is 16.1 Å². The summed E-state index contributed by atoms with van der Waals surface area (Å²) in [6, 6.07) is 4.74. The van der Waals surface area contributed by atoms with E-state index in [1.807, 2.05) is 21.8 Å². The number of hydrogen-bond donors (Lipinski definition) is 1. The lowest BCUT2D eigenvalue weighted by atomic mass is 9.83. The van der Waals surface area contributed by atoms with Crippen molar-refractivity contribution in [3.8, 4) is 11.3 Å². The molecule has 1 aromatic heterocycles. The number of carbonyl (C=O) groups excluding carboxylic acids is 2. The number of ether oxygens (including phenoxy) is 1. The van der Waals surface area contributed by atoms with Gasteiger partial charge in [-0.2, -0.15) is 16.9 Å². The minimum Gasteiger partial charge on any atom is -0.465 e. The Kier molecular flexibility index (Phi) is 6.26. The molecule has 2 bridgehead atoms. The molecule has 1 aromatic rings. The number of nitrogens with zero attached hydrogens (tertiary/aromatic N) is 4. The van der Waals surface area contributed by atoms with Gasteiger partial charge in [0.15, 0.2) is 0 Å². The molecule has 35 heavy (non-hydrogen) atoms. The molecule has 0 aliphatic carbocycles. The van der Waals surface area contributed by atoms with Crippen LogP contribution in [0.5, 0.6) is 0 Å². The van der Waals surface area contributed by atoms with Crippen LogP contribution in [0.15, 0.2) is 40.2 Å².